The molecule has 0 bridgehead atoms. The van der Waals surface area contributed by atoms with Crippen LogP contribution in [0.25, 0.3) is 0 Å². The van der Waals surface area contributed by atoms with E-state index in [-0.39, 0.29) is 5.92 Å². The minimum absolute atomic E-state index is 0.260. The lowest BCUT2D eigenvalue weighted by atomic mass is 9.91. The summed E-state index contributed by atoms with van der Waals surface area (Å²) in [6.07, 6.45) is 6.10. The first-order chi connectivity index (χ1) is 7.52. The lowest BCUT2D eigenvalue weighted by molar-refractivity contribution is 0.337. The molecule has 0 aromatic rings. The van der Waals surface area contributed by atoms with Crippen molar-refractivity contribution in [1.82, 2.24) is 5.32 Å². The normalized spacial score (nSPS) is 42.1. The first-order valence-corrected chi connectivity index (χ1v) is 6.67. The van der Waals surface area contributed by atoms with Crippen molar-refractivity contribution in [3.8, 4) is 6.07 Å². The standard InChI is InChI=1S/C14H24N2/c1-10-7-14(2,3)8-13(10)16-12-6-4-5-11(12)9-15/h10-13,16H,4-8H2,1-3H3. The predicted octanol–water partition coefficient (Wildman–Crippen LogP) is 3.09. The van der Waals surface area contributed by atoms with E-state index < -0.39 is 0 Å². The summed E-state index contributed by atoms with van der Waals surface area (Å²) in [5.41, 5.74) is 0.484. The molecule has 4 atom stereocenters. The van der Waals surface area contributed by atoms with E-state index in [9.17, 15) is 0 Å². The van der Waals surface area contributed by atoms with E-state index in [4.69, 9.17) is 5.26 Å². The van der Waals surface area contributed by atoms with Gasteiger partial charge in [-0.25, -0.2) is 0 Å². The van der Waals surface area contributed by atoms with Gasteiger partial charge in [-0.15, -0.1) is 0 Å². The Morgan fingerprint density at radius 1 is 1.19 bits per heavy atom. The fourth-order valence-corrected chi connectivity index (χ4v) is 3.71. The van der Waals surface area contributed by atoms with Gasteiger partial charge in [-0.1, -0.05) is 27.2 Å². The van der Waals surface area contributed by atoms with Crippen LogP contribution in [0.5, 0.6) is 0 Å². The molecule has 2 heteroatoms. The Labute approximate surface area is 99.4 Å². The third kappa shape index (κ3) is 2.40. The van der Waals surface area contributed by atoms with Crippen LogP contribution in [0, 0.1) is 28.6 Å². The molecule has 0 aromatic heterocycles. The van der Waals surface area contributed by atoms with E-state index in [2.05, 4.69) is 32.2 Å². The molecular weight excluding hydrogens is 196 g/mol. The highest BCUT2D eigenvalue weighted by Gasteiger charge is 2.39. The summed E-state index contributed by atoms with van der Waals surface area (Å²) in [7, 11) is 0. The first-order valence-electron chi connectivity index (χ1n) is 6.67. The summed E-state index contributed by atoms with van der Waals surface area (Å²) in [5.74, 6) is 1.02. The van der Waals surface area contributed by atoms with Crippen molar-refractivity contribution in [3.05, 3.63) is 0 Å². The maximum Gasteiger partial charge on any atom is 0.0672 e. The summed E-state index contributed by atoms with van der Waals surface area (Å²) >= 11 is 0. The van der Waals surface area contributed by atoms with Gasteiger partial charge in [-0.2, -0.15) is 5.26 Å². The van der Waals surface area contributed by atoms with Crippen molar-refractivity contribution in [2.24, 2.45) is 17.3 Å². The SMILES string of the molecule is CC1CC(C)(C)CC1NC1CCCC1C#N. The number of nitrogens with zero attached hydrogens (tertiary/aromatic N) is 1. The second-order valence-electron chi connectivity index (χ2n) is 6.60. The highest BCUT2D eigenvalue weighted by molar-refractivity contribution is 5.00. The second-order valence-corrected chi connectivity index (χ2v) is 6.60. The number of nitrogens with one attached hydrogen (secondary N) is 1. The zero-order valence-electron chi connectivity index (χ0n) is 10.8. The van der Waals surface area contributed by atoms with Crippen LogP contribution < -0.4 is 5.32 Å². The van der Waals surface area contributed by atoms with Crippen LogP contribution in [0.3, 0.4) is 0 Å². The molecule has 2 fully saturated rings. The molecule has 2 aliphatic carbocycles. The van der Waals surface area contributed by atoms with Gasteiger partial charge in [-0.3, -0.25) is 0 Å². The van der Waals surface area contributed by atoms with Gasteiger partial charge in [0.25, 0.3) is 0 Å². The topological polar surface area (TPSA) is 35.8 Å². The zero-order chi connectivity index (χ0) is 11.8. The quantitative estimate of drug-likeness (QED) is 0.776. The van der Waals surface area contributed by atoms with Gasteiger partial charge in [-0.05, 0) is 37.0 Å². The molecule has 0 spiro atoms. The Balaban J connectivity index is 1.93. The van der Waals surface area contributed by atoms with Gasteiger partial charge in [0.2, 0.25) is 0 Å². The molecule has 90 valence electrons. The third-order valence-corrected chi connectivity index (χ3v) is 4.44. The highest BCUT2D eigenvalue weighted by atomic mass is 15.0. The maximum absolute atomic E-state index is 9.09. The van der Waals surface area contributed by atoms with E-state index in [1.165, 1.54) is 25.7 Å². The van der Waals surface area contributed by atoms with Crippen molar-refractivity contribution in [3.63, 3.8) is 0 Å². The van der Waals surface area contributed by atoms with E-state index in [1.807, 2.05) is 0 Å². The number of hydrogen-bond donors (Lipinski definition) is 1. The van der Waals surface area contributed by atoms with Gasteiger partial charge >= 0.3 is 0 Å². The lowest BCUT2D eigenvalue weighted by Crippen LogP contribution is -2.41. The third-order valence-electron chi connectivity index (χ3n) is 4.44. The van der Waals surface area contributed by atoms with Crippen LogP contribution in [-0.2, 0) is 0 Å². The van der Waals surface area contributed by atoms with Crippen molar-refractivity contribution >= 4 is 0 Å². The van der Waals surface area contributed by atoms with Crippen molar-refractivity contribution in [2.75, 3.05) is 0 Å². The van der Waals surface area contributed by atoms with Crippen molar-refractivity contribution < 1.29 is 0 Å². The molecule has 0 amide bonds. The molecule has 0 heterocycles. The van der Waals surface area contributed by atoms with Gasteiger partial charge < -0.3 is 5.32 Å². The molecule has 0 saturated heterocycles. The molecule has 4 unspecified atom stereocenters. The van der Waals surface area contributed by atoms with Crippen molar-refractivity contribution in [2.45, 2.75) is 65.0 Å². The van der Waals surface area contributed by atoms with Gasteiger partial charge in [0.15, 0.2) is 0 Å². The zero-order valence-corrected chi connectivity index (χ0v) is 10.8. The molecule has 2 rings (SSSR count). The van der Waals surface area contributed by atoms with Crippen LogP contribution in [0.15, 0.2) is 0 Å². The summed E-state index contributed by atoms with van der Waals surface area (Å²) in [4.78, 5) is 0. The second kappa shape index (κ2) is 4.37. The maximum atomic E-state index is 9.09. The van der Waals surface area contributed by atoms with Crippen LogP contribution in [0.4, 0.5) is 0 Å². The average molecular weight is 220 g/mol. The van der Waals surface area contributed by atoms with Gasteiger partial charge in [0, 0.05) is 12.1 Å². The average Bonchev–Trinajstić information content (AvgIpc) is 2.71. The Morgan fingerprint density at radius 3 is 2.50 bits per heavy atom. The molecule has 0 radical (unpaired) electrons. The molecule has 2 aliphatic rings. The summed E-state index contributed by atoms with van der Waals surface area (Å²) in [5, 5.41) is 12.9. The Kier molecular flexibility index (Phi) is 3.26. The van der Waals surface area contributed by atoms with E-state index in [0.29, 0.717) is 17.5 Å². The monoisotopic (exact) mass is 220 g/mol. The molecule has 0 aromatic carbocycles. The Hall–Kier alpha value is -0.550. The molecule has 1 N–H and O–H groups in total. The van der Waals surface area contributed by atoms with Crippen LogP contribution in [0.2, 0.25) is 0 Å². The minimum atomic E-state index is 0.260. The van der Waals surface area contributed by atoms with E-state index >= 15 is 0 Å². The lowest BCUT2D eigenvalue weighted by Gasteiger charge is -2.24. The number of hydrogen-bond acceptors (Lipinski definition) is 2. The number of nitriles is 1. The molecule has 2 saturated carbocycles. The summed E-state index contributed by atoms with van der Waals surface area (Å²) in [6, 6.07) is 3.56. The minimum Gasteiger partial charge on any atom is -0.310 e. The largest absolute Gasteiger partial charge is 0.310 e. The summed E-state index contributed by atoms with van der Waals surface area (Å²) < 4.78 is 0. The Morgan fingerprint density at radius 2 is 1.94 bits per heavy atom. The van der Waals surface area contributed by atoms with Crippen LogP contribution in [0.1, 0.15) is 52.9 Å². The van der Waals surface area contributed by atoms with Gasteiger partial charge in [0.05, 0.1) is 12.0 Å². The number of rotatable bonds is 2. The Bertz CT molecular complexity index is 290. The smallest absolute Gasteiger partial charge is 0.0672 e. The predicted molar refractivity (Wildman–Crippen MR) is 65.8 cm³/mol. The molecule has 16 heavy (non-hydrogen) atoms. The van der Waals surface area contributed by atoms with E-state index in [0.717, 1.165) is 12.3 Å². The molecule has 2 nitrogen and oxygen atoms in total. The van der Waals surface area contributed by atoms with Gasteiger partial charge in [0.1, 0.15) is 0 Å². The summed E-state index contributed by atoms with van der Waals surface area (Å²) in [6.45, 7) is 7.08. The van der Waals surface area contributed by atoms with Crippen LogP contribution in [-0.4, -0.2) is 12.1 Å². The first kappa shape index (κ1) is 11.9. The fourth-order valence-electron chi connectivity index (χ4n) is 3.71. The highest BCUT2D eigenvalue weighted by Crippen LogP contribution is 2.41. The molecule has 0 aliphatic heterocycles. The molecular formula is C14H24N2. The van der Waals surface area contributed by atoms with Crippen LogP contribution >= 0.6 is 0 Å². The van der Waals surface area contributed by atoms with Crippen molar-refractivity contribution in [1.29, 1.82) is 5.26 Å². The van der Waals surface area contributed by atoms with E-state index in [1.54, 1.807) is 0 Å². The fraction of sp³-hybridized carbons (Fsp3) is 0.929.